The van der Waals surface area contributed by atoms with Gasteiger partial charge in [0.2, 0.25) is 0 Å². The van der Waals surface area contributed by atoms with Crippen LogP contribution in [0.3, 0.4) is 0 Å². The lowest BCUT2D eigenvalue weighted by Gasteiger charge is -2.27. The van der Waals surface area contributed by atoms with Crippen molar-refractivity contribution in [1.29, 1.82) is 0 Å². The molecule has 7 heteroatoms. The molecule has 0 saturated heterocycles. The lowest BCUT2D eigenvalue weighted by molar-refractivity contribution is 0.0691. The molecule has 3 aromatic carbocycles. The Morgan fingerprint density at radius 3 is 2.33 bits per heavy atom. The molecular weight excluding hydrogens is 456 g/mol. The second kappa shape index (κ2) is 8.96. The number of aromatic carboxylic acids is 1. The predicted molar refractivity (Wildman–Crippen MR) is 132 cm³/mol. The van der Waals surface area contributed by atoms with Crippen LogP contribution in [0.25, 0.3) is 16.8 Å². The molecule has 0 fully saturated rings. The highest BCUT2D eigenvalue weighted by atomic mass is 35.5. The maximum Gasteiger partial charge on any atom is 0.356 e. The summed E-state index contributed by atoms with van der Waals surface area (Å²) in [5, 5.41) is 10.2. The van der Waals surface area contributed by atoms with Crippen LogP contribution in [0.4, 0.5) is 0 Å². The van der Waals surface area contributed by atoms with Crippen molar-refractivity contribution >= 4 is 28.4 Å². The van der Waals surface area contributed by atoms with Gasteiger partial charge < -0.3 is 9.67 Å². The fraction of sp³-hybridized carbons (Fsp3) is 0.154. The van der Waals surface area contributed by atoms with Crippen LogP contribution in [0, 0.1) is 0 Å². The number of imidazole rings is 1. The molecule has 0 spiro atoms. The summed E-state index contributed by atoms with van der Waals surface area (Å²) in [6.45, 7) is 3.95. The van der Waals surface area contributed by atoms with Crippen molar-refractivity contribution in [3.8, 4) is 16.8 Å². The van der Waals surface area contributed by atoms with Crippen molar-refractivity contribution in [3.63, 3.8) is 0 Å². The Balaban J connectivity index is 1.80. The number of aromatic nitrogens is 2. The van der Waals surface area contributed by atoms with E-state index in [1.54, 1.807) is 10.8 Å². The summed E-state index contributed by atoms with van der Waals surface area (Å²) in [7, 11) is -1.06. The Labute approximate surface area is 200 Å². The van der Waals surface area contributed by atoms with Crippen molar-refractivity contribution in [2.45, 2.75) is 24.2 Å². The van der Waals surface area contributed by atoms with Gasteiger partial charge in [0.15, 0.2) is 5.69 Å². The summed E-state index contributed by atoms with van der Waals surface area (Å²) in [4.78, 5) is 17.0. The van der Waals surface area contributed by atoms with Crippen molar-refractivity contribution in [2.24, 2.45) is 0 Å². The van der Waals surface area contributed by atoms with E-state index >= 15 is 0 Å². The predicted octanol–water partition coefficient (Wildman–Crippen LogP) is 5.95. The third-order valence-corrected chi connectivity index (χ3v) is 6.92. The molecule has 4 rings (SSSR count). The molecule has 1 atom stereocenters. The number of hydrogen-bond acceptors (Lipinski definition) is 3. The SMILES string of the molecule is CS(=O)c1cccc(-c2ccc(-n3cc(C(=O)O)nc3C(C)(C)c3ccccc3Cl)cc2)c1. The van der Waals surface area contributed by atoms with Gasteiger partial charge in [-0.1, -0.05) is 54.1 Å². The fourth-order valence-corrected chi connectivity index (χ4v) is 4.81. The van der Waals surface area contributed by atoms with Gasteiger partial charge in [-0.2, -0.15) is 0 Å². The zero-order chi connectivity index (χ0) is 23.8. The third-order valence-electron chi connectivity index (χ3n) is 5.68. The molecule has 4 aromatic rings. The van der Waals surface area contributed by atoms with Gasteiger partial charge in [-0.15, -0.1) is 0 Å². The van der Waals surface area contributed by atoms with Gasteiger partial charge >= 0.3 is 5.97 Å². The first-order valence-electron chi connectivity index (χ1n) is 10.3. The number of nitrogens with zero attached hydrogens (tertiary/aromatic N) is 2. The topological polar surface area (TPSA) is 72.2 Å². The lowest BCUT2D eigenvalue weighted by atomic mass is 9.83. The highest BCUT2D eigenvalue weighted by molar-refractivity contribution is 7.84. The van der Waals surface area contributed by atoms with Gasteiger partial charge in [0.1, 0.15) is 5.82 Å². The van der Waals surface area contributed by atoms with Crippen molar-refractivity contribution < 1.29 is 14.1 Å². The van der Waals surface area contributed by atoms with E-state index < -0.39 is 22.2 Å². The van der Waals surface area contributed by atoms with Crippen LogP contribution in [0.1, 0.15) is 35.7 Å². The van der Waals surface area contributed by atoms with Gasteiger partial charge in [-0.25, -0.2) is 9.78 Å². The Morgan fingerprint density at radius 1 is 1.00 bits per heavy atom. The summed E-state index contributed by atoms with van der Waals surface area (Å²) in [5.41, 5.74) is 2.89. The van der Waals surface area contributed by atoms with E-state index in [4.69, 9.17) is 11.6 Å². The number of halogens is 1. The molecule has 5 nitrogen and oxygen atoms in total. The second-order valence-electron chi connectivity index (χ2n) is 8.26. The smallest absolute Gasteiger partial charge is 0.356 e. The molecule has 0 aliphatic heterocycles. The van der Waals surface area contributed by atoms with Gasteiger partial charge in [-0.3, -0.25) is 4.21 Å². The minimum Gasteiger partial charge on any atom is -0.476 e. The zero-order valence-corrected chi connectivity index (χ0v) is 20.0. The van der Waals surface area contributed by atoms with E-state index in [1.807, 2.05) is 86.6 Å². The minimum absolute atomic E-state index is 0.0349. The molecule has 0 aliphatic rings. The molecule has 1 unspecified atom stereocenters. The monoisotopic (exact) mass is 478 g/mol. The quantitative estimate of drug-likeness (QED) is 0.371. The van der Waals surface area contributed by atoms with Crippen molar-refractivity contribution in [1.82, 2.24) is 9.55 Å². The molecule has 33 heavy (non-hydrogen) atoms. The minimum atomic E-state index is -1.09. The van der Waals surface area contributed by atoms with Gasteiger partial charge in [0.25, 0.3) is 0 Å². The molecule has 0 bridgehead atoms. The normalized spacial score (nSPS) is 12.5. The van der Waals surface area contributed by atoms with Crippen molar-refractivity contribution in [2.75, 3.05) is 6.26 Å². The highest BCUT2D eigenvalue weighted by Gasteiger charge is 2.32. The first-order valence-corrected chi connectivity index (χ1v) is 12.2. The molecule has 0 radical (unpaired) electrons. The second-order valence-corrected chi connectivity index (χ2v) is 10.0. The summed E-state index contributed by atoms with van der Waals surface area (Å²) in [6, 6.07) is 22.9. The average Bonchev–Trinajstić information content (AvgIpc) is 3.26. The Morgan fingerprint density at radius 2 is 1.70 bits per heavy atom. The van der Waals surface area contributed by atoms with E-state index in [-0.39, 0.29) is 5.69 Å². The molecule has 1 aromatic heterocycles. The van der Waals surface area contributed by atoms with Crippen LogP contribution in [0.15, 0.2) is 83.9 Å². The van der Waals surface area contributed by atoms with E-state index in [0.717, 1.165) is 27.3 Å². The summed E-state index contributed by atoms with van der Waals surface area (Å²) in [5.74, 6) is -0.518. The first-order chi connectivity index (χ1) is 15.7. The largest absolute Gasteiger partial charge is 0.476 e. The standard InChI is InChI=1S/C26H23ClN2O3S/c1-26(2,21-9-4-5-10-22(21)27)25-28-23(24(30)31)16-29(25)19-13-11-17(12-14-19)18-7-6-8-20(15-18)33(3)32/h4-16H,1-3H3,(H,30,31). The fourth-order valence-electron chi connectivity index (χ4n) is 3.88. The number of rotatable bonds is 6. The van der Waals surface area contributed by atoms with Gasteiger partial charge in [-0.05, 0) is 60.9 Å². The van der Waals surface area contributed by atoms with Crippen LogP contribution in [-0.4, -0.2) is 31.1 Å². The highest BCUT2D eigenvalue weighted by Crippen LogP contribution is 2.36. The molecule has 1 N–H and O–H groups in total. The summed E-state index contributed by atoms with van der Waals surface area (Å²) in [6.07, 6.45) is 3.19. The van der Waals surface area contributed by atoms with E-state index in [0.29, 0.717) is 10.8 Å². The maximum absolute atomic E-state index is 11.8. The van der Waals surface area contributed by atoms with Crippen LogP contribution in [0.5, 0.6) is 0 Å². The molecule has 1 heterocycles. The number of carboxylic acids is 1. The van der Waals surface area contributed by atoms with Gasteiger partial charge in [0.05, 0.1) is 0 Å². The average molecular weight is 479 g/mol. The van der Waals surface area contributed by atoms with E-state index in [1.165, 1.54) is 6.20 Å². The van der Waals surface area contributed by atoms with Crippen LogP contribution >= 0.6 is 11.6 Å². The summed E-state index contributed by atoms with van der Waals surface area (Å²) < 4.78 is 13.6. The summed E-state index contributed by atoms with van der Waals surface area (Å²) >= 11 is 6.47. The third kappa shape index (κ3) is 4.49. The van der Waals surface area contributed by atoms with Gasteiger partial charge in [0, 0.05) is 44.3 Å². The van der Waals surface area contributed by atoms with E-state index in [2.05, 4.69) is 4.98 Å². The Bertz CT molecular complexity index is 1360. The Kier molecular flexibility index (Phi) is 6.23. The zero-order valence-electron chi connectivity index (χ0n) is 18.4. The molecule has 0 aliphatic carbocycles. The number of hydrogen-bond donors (Lipinski definition) is 1. The van der Waals surface area contributed by atoms with Crippen LogP contribution < -0.4 is 0 Å². The molecule has 0 saturated carbocycles. The number of carboxylic acid groups (broad SMARTS) is 1. The maximum atomic E-state index is 11.8. The number of benzene rings is 3. The number of carbonyl (C=O) groups is 1. The van der Waals surface area contributed by atoms with Crippen LogP contribution in [-0.2, 0) is 16.2 Å². The van der Waals surface area contributed by atoms with Crippen LogP contribution in [0.2, 0.25) is 5.02 Å². The lowest BCUT2D eigenvalue weighted by Crippen LogP contribution is -2.24. The molecule has 168 valence electrons. The van der Waals surface area contributed by atoms with E-state index in [9.17, 15) is 14.1 Å². The molecule has 0 amide bonds. The Hall–Kier alpha value is -3.22. The van der Waals surface area contributed by atoms with Crippen molar-refractivity contribution in [3.05, 3.63) is 101 Å². The molecular formula is C26H23ClN2O3S. The first kappa shape index (κ1) is 23.0.